The number of carbonyl (C=O) groups excluding carboxylic acids is 2. The molecule has 2 aliphatic heterocycles. The summed E-state index contributed by atoms with van der Waals surface area (Å²) in [7, 11) is 6.57. The van der Waals surface area contributed by atoms with E-state index in [1.807, 2.05) is 35.2 Å². The molecule has 3 amide bonds. The lowest BCUT2D eigenvalue weighted by Gasteiger charge is -2.43. The fourth-order valence-corrected chi connectivity index (χ4v) is 5.70. The smallest absolute Gasteiger partial charge is 0.319 e. The molecule has 1 aromatic carbocycles. The van der Waals surface area contributed by atoms with Gasteiger partial charge < -0.3 is 28.7 Å². The van der Waals surface area contributed by atoms with Crippen molar-refractivity contribution in [1.82, 2.24) is 29.2 Å². The number of nitrogens with zero attached hydrogens (tertiary/aromatic N) is 6. The number of rotatable bonds is 6. The van der Waals surface area contributed by atoms with Crippen LogP contribution in [0.15, 0.2) is 36.5 Å². The van der Waals surface area contributed by atoms with Gasteiger partial charge in [0.05, 0.1) is 48.8 Å². The third kappa shape index (κ3) is 4.13. The van der Waals surface area contributed by atoms with Crippen molar-refractivity contribution in [2.45, 2.75) is 32.0 Å². The van der Waals surface area contributed by atoms with E-state index in [-0.39, 0.29) is 36.1 Å². The molecular weight excluding hydrogens is 508 g/mol. The maximum Gasteiger partial charge on any atom is 0.319 e. The number of methoxy groups -OCH3 is 2. The number of halogens is 1. The molecule has 1 unspecified atom stereocenters. The fraction of sp³-hybridized carbons (Fsp3) is 0.407. The lowest BCUT2D eigenvalue weighted by molar-refractivity contribution is 0.0485. The molecule has 200 valence electrons. The van der Waals surface area contributed by atoms with E-state index in [1.165, 1.54) is 7.11 Å². The quantitative estimate of drug-likeness (QED) is 0.469. The van der Waals surface area contributed by atoms with Crippen molar-refractivity contribution in [1.29, 1.82) is 0 Å². The molecule has 3 aromatic rings. The number of urea groups is 1. The molecule has 11 heteroatoms. The zero-order valence-electron chi connectivity index (χ0n) is 22.3. The maximum atomic E-state index is 14.2. The number of hydrogen-bond donors (Lipinski definition) is 0. The van der Waals surface area contributed by atoms with Crippen molar-refractivity contribution >= 4 is 23.5 Å². The van der Waals surface area contributed by atoms with E-state index in [9.17, 15) is 9.59 Å². The molecular formula is C27H31ClN6O4. The molecule has 4 heterocycles. The Morgan fingerprint density at radius 1 is 1.00 bits per heavy atom. The molecule has 0 spiro atoms. The minimum atomic E-state index is -0.379. The third-order valence-corrected chi connectivity index (χ3v) is 7.43. The Kier molecular flexibility index (Phi) is 6.68. The molecule has 5 rings (SSSR count). The van der Waals surface area contributed by atoms with Gasteiger partial charge in [-0.15, -0.1) is 0 Å². The summed E-state index contributed by atoms with van der Waals surface area (Å²) >= 11 is 6.24. The summed E-state index contributed by atoms with van der Waals surface area (Å²) < 4.78 is 12.9. The molecule has 10 nitrogen and oxygen atoms in total. The molecule has 0 N–H and O–H groups in total. The molecule has 0 aliphatic carbocycles. The van der Waals surface area contributed by atoms with E-state index in [0.717, 1.165) is 17.0 Å². The van der Waals surface area contributed by atoms with Crippen LogP contribution in [-0.4, -0.2) is 88.6 Å². The number of amides is 3. The van der Waals surface area contributed by atoms with Crippen LogP contribution in [-0.2, 0) is 0 Å². The minimum Gasteiger partial charge on any atom is -0.480 e. The van der Waals surface area contributed by atoms with E-state index >= 15 is 0 Å². The maximum absolute atomic E-state index is 14.2. The van der Waals surface area contributed by atoms with E-state index in [0.29, 0.717) is 35.1 Å². The van der Waals surface area contributed by atoms with Crippen LogP contribution >= 0.6 is 11.6 Å². The fourth-order valence-electron chi connectivity index (χ4n) is 5.58. The predicted molar refractivity (Wildman–Crippen MR) is 143 cm³/mol. The highest BCUT2D eigenvalue weighted by atomic mass is 35.5. The number of hydrogen-bond acceptors (Lipinski definition) is 6. The number of likely N-dealkylation sites (N-methyl/N-ethyl adjacent to an activating group) is 2. The second-order valence-corrected chi connectivity index (χ2v) is 10.4. The van der Waals surface area contributed by atoms with Crippen LogP contribution in [0.4, 0.5) is 4.79 Å². The molecule has 2 aromatic heterocycles. The van der Waals surface area contributed by atoms with Gasteiger partial charge in [-0.05, 0) is 37.6 Å². The van der Waals surface area contributed by atoms with Crippen LogP contribution in [0.2, 0.25) is 5.02 Å². The third-order valence-electron chi connectivity index (χ3n) is 7.18. The first-order chi connectivity index (χ1) is 18.2. The van der Waals surface area contributed by atoms with Gasteiger partial charge in [-0.3, -0.25) is 4.79 Å². The van der Waals surface area contributed by atoms with E-state index in [2.05, 4.69) is 28.4 Å². The van der Waals surface area contributed by atoms with Gasteiger partial charge >= 0.3 is 12.0 Å². The van der Waals surface area contributed by atoms with Gasteiger partial charge in [-0.25, -0.2) is 9.78 Å². The van der Waals surface area contributed by atoms with Crippen LogP contribution < -0.4 is 9.47 Å². The molecule has 0 radical (unpaired) electrons. The molecule has 0 saturated carbocycles. The molecule has 2 aliphatic rings. The summed E-state index contributed by atoms with van der Waals surface area (Å²) in [5.41, 5.74) is 3.86. The minimum absolute atomic E-state index is 0.00129. The first-order valence-corrected chi connectivity index (χ1v) is 12.8. The molecule has 1 saturated heterocycles. The van der Waals surface area contributed by atoms with E-state index in [4.69, 9.17) is 21.1 Å². The summed E-state index contributed by atoms with van der Waals surface area (Å²) in [6.45, 7) is 5.04. The highest BCUT2D eigenvalue weighted by molar-refractivity contribution is 6.30. The van der Waals surface area contributed by atoms with Crippen molar-refractivity contribution in [2.24, 2.45) is 0 Å². The Hall–Kier alpha value is -3.79. The average Bonchev–Trinajstić information content (AvgIpc) is 3.42. The number of benzene rings is 1. The van der Waals surface area contributed by atoms with Crippen LogP contribution in [0.5, 0.6) is 11.9 Å². The summed E-state index contributed by atoms with van der Waals surface area (Å²) in [5.74, 6) is 0.270. The summed E-state index contributed by atoms with van der Waals surface area (Å²) in [6, 6.07) is 9.04. The standard InChI is InChI=1S/C27H31ClN6O4/c1-15(2)33-21(20-12-29-26(38-6)30-24(20)37-5)11-19-23(33)22(16-7-9-17(28)10-8-16)34(25(19)35)18-13-31(3)27(36)32(4)14-18/h7-12,15,18,22H,13-14H2,1-6H3. The summed E-state index contributed by atoms with van der Waals surface area (Å²) in [6.07, 6.45) is 1.66. The van der Waals surface area contributed by atoms with Gasteiger partial charge in [0, 0.05) is 44.4 Å². The Labute approximate surface area is 226 Å². The van der Waals surface area contributed by atoms with Gasteiger partial charge in [0.15, 0.2) is 0 Å². The van der Waals surface area contributed by atoms with Crippen molar-refractivity contribution in [2.75, 3.05) is 41.4 Å². The molecule has 1 fully saturated rings. The van der Waals surface area contributed by atoms with Gasteiger partial charge in [-0.1, -0.05) is 23.7 Å². The number of aromatic nitrogens is 3. The normalized spacial score (nSPS) is 18.0. The Morgan fingerprint density at radius 2 is 1.66 bits per heavy atom. The van der Waals surface area contributed by atoms with Crippen molar-refractivity contribution in [3.05, 3.63) is 58.4 Å². The first kappa shape index (κ1) is 25.8. The van der Waals surface area contributed by atoms with E-state index < -0.39 is 0 Å². The summed E-state index contributed by atoms with van der Waals surface area (Å²) in [4.78, 5) is 40.6. The second kappa shape index (κ2) is 9.83. The van der Waals surface area contributed by atoms with Crippen molar-refractivity contribution in [3.8, 4) is 23.1 Å². The molecule has 0 bridgehead atoms. The van der Waals surface area contributed by atoms with Crippen molar-refractivity contribution < 1.29 is 19.1 Å². The second-order valence-electron chi connectivity index (χ2n) is 9.94. The zero-order chi connectivity index (χ0) is 27.3. The Bertz CT molecular complexity index is 1370. The van der Waals surface area contributed by atoms with Crippen LogP contribution in [0.1, 0.15) is 47.5 Å². The molecule has 38 heavy (non-hydrogen) atoms. The van der Waals surface area contributed by atoms with Gasteiger partial charge in [0.2, 0.25) is 5.88 Å². The van der Waals surface area contributed by atoms with Crippen molar-refractivity contribution in [3.63, 3.8) is 0 Å². The Balaban J connectivity index is 1.71. The Morgan fingerprint density at radius 3 is 2.24 bits per heavy atom. The predicted octanol–water partition coefficient (Wildman–Crippen LogP) is 4.11. The summed E-state index contributed by atoms with van der Waals surface area (Å²) in [5, 5.41) is 0.618. The van der Waals surface area contributed by atoms with E-state index in [1.54, 1.807) is 37.2 Å². The zero-order valence-corrected chi connectivity index (χ0v) is 23.1. The lowest BCUT2D eigenvalue weighted by atomic mass is 10.0. The number of fused-ring (bicyclic) bond motifs is 1. The molecule has 1 atom stereocenters. The van der Waals surface area contributed by atoms with Crippen LogP contribution in [0, 0.1) is 0 Å². The highest BCUT2D eigenvalue weighted by Gasteiger charge is 2.47. The topological polar surface area (TPSA) is 93.0 Å². The first-order valence-electron chi connectivity index (χ1n) is 12.4. The number of ether oxygens (including phenoxy) is 2. The lowest BCUT2D eigenvalue weighted by Crippen LogP contribution is -2.59. The monoisotopic (exact) mass is 538 g/mol. The van der Waals surface area contributed by atoms with Crippen LogP contribution in [0.25, 0.3) is 11.3 Å². The van der Waals surface area contributed by atoms with Crippen LogP contribution in [0.3, 0.4) is 0 Å². The van der Waals surface area contributed by atoms with Gasteiger partial charge in [0.25, 0.3) is 5.91 Å². The number of carbonyl (C=O) groups is 2. The SMILES string of the molecule is COc1ncc(-c2cc3c(n2C(C)C)C(c2ccc(Cl)cc2)N(C2CN(C)C(=O)N(C)C2)C3=O)c(OC)n1. The van der Waals surface area contributed by atoms with Gasteiger partial charge in [0.1, 0.15) is 0 Å². The highest BCUT2D eigenvalue weighted by Crippen LogP contribution is 2.46. The average molecular weight is 539 g/mol. The van der Waals surface area contributed by atoms with Gasteiger partial charge in [-0.2, -0.15) is 4.98 Å². The largest absolute Gasteiger partial charge is 0.480 e.